The molecule has 0 amide bonds. The molecule has 4 heterocycles. The summed E-state index contributed by atoms with van der Waals surface area (Å²) in [6.07, 6.45) is 4.39. The number of aromatic nitrogens is 6. The zero-order chi connectivity index (χ0) is 18.4. The van der Waals surface area contributed by atoms with Gasteiger partial charge in [0.1, 0.15) is 17.4 Å². The van der Waals surface area contributed by atoms with Crippen LogP contribution in [0.4, 0.5) is 0 Å². The molecule has 0 fully saturated rings. The minimum atomic E-state index is 0.300. The number of benzene rings is 1. The van der Waals surface area contributed by atoms with Crippen LogP contribution in [0.3, 0.4) is 0 Å². The van der Waals surface area contributed by atoms with E-state index in [2.05, 4.69) is 45.1 Å². The van der Waals surface area contributed by atoms with Crippen molar-refractivity contribution >= 4 is 11.3 Å². The van der Waals surface area contributed by atoms with Crippen LogP contribution in [-0.2, 0) is 6.42 Å². The van der Waals surface area contributed by atoms with Gasteiger partial charge in [-0.15, -0.1) is 11.3 Å². The summed E-state index contributed by atoms with van der Waals surface area (Å²) in [6, 6.07) is 6.09. The number of hydrogen-bond donors (Lipinski definition) is 2. The molecule has 1 aliphatic rings. The first-order valence-electron chi connectivity index (χ1n) is 8.88. The van der Waals surface area contributed by atoms with Gasteiger partial charge in [0, 0.05) is 40.7 Å². The third-order valence-electron chi connectivity index (χ3n) is 4.53. The number of rotatable bonds is 3. The van der Waals surface area contributed by atoms with Crippen molar-refractivity contribution in [1.82, 2.24) is 30.1 Å². The Morgan fingerprint density at radius 2 is 2.15 bits per heavy atom. The lowest BCUT2D eigenvalue weighted by molar-refractivity contribution is 0.327. The van der Waals surface area contributed by atoms with Gasteiger partial charge < -0.3 is 9.72 Å². The van der Waals surface area contributed by atoms with Crippen LogP contribution in [0.15, 0.2) is 30.6 Å². The second-order valence-electron chi connectivity index (χ2n) is 6.74. The number of thiazole rings is 1. The molecule has 0 saturated heterocycles. The number of nitrogens with one attached hydrogen (secondary N) is 2. The number of fused-ring (bicyclic) bond motifs is 3. The molecule has 1 aliphatic heterocycles. The lowest BCUT2D eigenvalue weighted by Gasteiger charge is -2.08. The Balaban J connectivity index is 1.61. The Bertz CT molecular complexity index is 1100. The normalized spacial score (nSPS) is 13.1. The quantitative estimate of drug-likeness (QED) is 0.561. The van der Waals surface area contributed by atoms with Gasteiger partial charge in [0.25, 0.3) is 0 Å². The number of aromatic amines is 2. The molecule has 0 bridgehead atoms. The summed E-state index contributed by atoms with van der Waals surface area (Å²) in [7, 11) is 0. The van der Waals surface area contributed by atoms with Gasteiger partial charge in [0.15, 0.2) is 5.01 Å². The second kappa shape index (κ2) is 6.31. The smallest absolute Gasteiger partial charge is 0.210 e. The highest BCUT2D eigenvalue weighted by atomic mass is 32.1. The average molecular weight is 378 g/mol. The SMILES string of the molecule is CC(C)c1nc(-c2nc3c(s2)CCOc2ccc(-c4ncc[nH]4)cc2-3)n[nH]1. The molecule has 0 atom stereocenters. The van der Waals surface area contributed by atoms with Crippen molar-refractivity contribution < 1.29 is 4.74 Å². The molecule has 0 unspecified atom stereocenters. The molecule has 2 N–H and O–H groups in total. The van der Waals surface area contributed by atoms with E-state index in [0.29, 0.717) is 18.3 Å². The Morgan fingerprint density at radius 3 is 2.93 bits per heavy atom. The van der Waals surface area contributed by atoms with Crippen LogP contribution in [0.2, 0.25) is 0 Å². The summed E-state index contributed by atoms with van der Waals surface area (Å²) in [5.74, 6) is 3.50. The van der Waals surface area contributed by atoms with Crippen LogP contribution < -0.4 is 4.74 Å². The first kappa shape index (κ1) is 16.2. The summed E-state index contributed by atoms with van der Waals surface area (Å²) in [6.45, 7) is 4.81. The summed E-state index contributed by atoms with van der Waals surface area (Å²) >= 11 is 1.63. The Morgan fingerprint density at radius 1 is 1.22 bits per heavy atom. The number of ether oxygens (including phenoxy) is 1. The van der Waals surface area contributed by atoms with Crippen LogP contribution >= 0.6 is 11.3 Å². The molecule has 1 aromatic carbocycles. The van der Waals surface area contributed by atoms with Crippen LogP contribution in [0, 0.1) is 0 Å². The fraction of sp³-hybridized carbons (Fsp3) is 0.263. The first-order valence-corrected chi connectivity index (χ1v) is 9.70. The Kier molecular flexibility index (Phi) is 3.78. The molecule has 5 rings (SSSR count). The first-order chi connectivity index (χ1) is 13.2. The van der Waals surface area contributed by atoms with E-state index in [9.17, 15) is 0 Å². The maximum atomic E-state index is 5.94. The maximum absolute atomic E-state index is 5.94. The molecule has 0 radical (unpaired) electrons. The van der Waals surface area contributed by atoms with Gasteiger partial charge in [-0.25, -0.2) is 15.0 Å². The highest BCUT2D eigenvalue weighted by Gasteiger charge is 2.23. The van der Waals surface area contributed by atoms with Crippen molar-refractivity contribution in [3.05, 3.63) is 41.3 Å². The third kappa shape index (κ3) is 2.82. The molecular formula is C19H18N6OS. The fourth-order valence-corrected chi connectivity index (χ4v) is 4.11. The summed E-state index contributed by atoms with van der Waals surface area (Å²) in [4.78, 5) is 18.2. The lowest BCUT2D eigenvalue weighted by atomic mass is 10.1. The molecule has 0 aliphatic carbocycles. The molecule has 0 saturated carbocycles. The second-order valence-corrected chi connectivity index (χ2v) is 7.82. The lowest BCUT2D eigenvalue weighted by Crippen LogP contribution is -1.97. The van der Waals surface area contributed by atoms with Gasteiger partial charge in [-0.05, 0) is 18.2 Å². The van der Waals surface area contributed by atoms with Crippen LogP contribution in [-0.4, -0.2) is 36.7 Å². The van der Waals surface area contributed by atoms with E-state index in [1.165, 1.54) is 4.88 Å². The van der Waals surface area contributed by atoms with E-state index < -0.39 is 0 Å². The molecule has 27 heavy (non-hydrogen) atoms. The summed E-state index contributed by atoms with van der Waals surface area (Å²) < 4.78 is 5.94. The molecule has 0 spiro atoms. The zero-order valence-corrected chi connectivity index (χ0v) is 15.8. The van der Waals surface area contributed by atoms with E-state index in [1.807, 2.05) is 18.3 Å². The standard InChI is InChI=1S/C19H18N6OS/c1-10(2)16-23-18(25-24-16)19-22-15-12-9-11(17-20-6-7-21-17)3-4-13(12)26-8-5-14(15)27-19/h3-4,6-7,9-10H,5,8H2,1-2H3,(H,20,21)(H,23,24,25). The Labute approximate surface area is 159 Å². The van der Waals surface area contributed by atoms with Gasteiger partial charge in [0.2, 0.25) is 5.82 Å². The summed E-state index contributed by atoms with van der Waals surface area (Å²) in [5.41, 5.74) is 2.94. The third-order valence-corrected chi connectivity index (χ3v) is 5.64. The van der Waals surface area contributed by atoms with E-state index in [4.69, 9.17) is 9.72 Å². The average Bonchev–Trinajstić information content (AvgIpc) is 3.41. The van der Waals surface area contributed by atoms with Crippen LogP contribution in [0.5, 0.6) is 5.75 Å². The topological polar surface area (TPSA) is 92.4 Å². The molecule has 3 aromatic heterocycles. The highest BCUT2D eigenvalue weighted by Crippen LogP contribution is 2.41. The number of H-pyrrole nitrogens is 2. The van der Waals surface area contributed by atoms with E-state index in [-0.39, 0.29) is 0 Å². The monoisotopic (exact) mass is 378 g/mol. The van der Waals surface area contributed by atoms with Gasteiger partial charge in [-0.1, -0.05) is 13.8 Å². The molecule has 4 aromatic rings. The van der Waals surface area contributed by atoms with Crippen molar-refractivity contribution in [3.8, 4) is 39.2 Å². The van der Waals surface area contributed by atoms with Crippen molar-refractivity contribution in [2.24, 2.45) is 0 Å². The molecule has 136 valence electrons. The largest absolute Gasteiger partial charge is 0.493 e. The predicted octanol–water partition coefficient (Wildman–Crippen LogP) is 4.04. The van der Waals surface area contributed by atoms with E-state index in [0.717, 1.165) is 45.6 Å². The minimum absolute atomic E-state index is 0.300. The Hall–Kier alpha value is -3.00. The van der Waals surface area contributed by atoms with Crippen molar-refractivity contribution in [1.29, 1.82) is 0 Å². The van der Waals surface area contributed by atoms with Crippen molar-refractivity contribution in [3.63, 3.8) is 0 Å². The van der Waals surface area contributed by atoms with Gasteiger partial charge in [0.05, 0.1) is 12.3 Å². The predicted molar refractivity (Wildman–Crippen MR) is 104 cm³/mol. The van der Waals surface area contributed by atoms with Gasteiger partial charge in [-0.3, -0.25) is 5.10 Å². The summed E-state index contributed by atoms with van der Waals surface area (Å²) in [5, 5.41) is 8.20. The van der Waals surface area contributed by atoms with E-state index in [1.54, 1.807) is 17.5 Å². The molecular weight excluding hydrogens is 360 g/mol. The minimum Gasteiger partial charge on any atom is -0.493 e. The van der Waals surface area contributed by atoms with Crippen LogP contribution in [0.1, 0.15) is 30.5 Å². The van der Waals surface area contributed by atoms with Crippen molar-refractivity contribution in [2.45, 2.75) is 26.2 Å². The van der Waals surface area contributed by atoms with Gasteiger partial charge >= 0.3 is 0 Å². The zero-order valence-electron chi connectivity index (χ0n) is 15.0. The van der Waals surface area contributed by atoms with E-state index >= 15 is 0 Å². The van der Waals surface area contributed by atoms with Crippen LogP contribution in [0.25, 0.3) is 33.5 Å². The molecule has 7 nitrogen and oxygen atoms in total. The highest BCUT2D eigenvalue weighted by molar-refractivity contribution is 7.15. The number of imidazole rings is 1. The molecule has 8 heteroatoms. The number of nitrogens with zero attached hydrogens (tertiary/aromatic N) is 4. The van der Waals surface area contributed by atoms with Gasteiger partial charge in [-0.2, -0.15) is 5.10 Å². The fourth-order valence-electron chi connectivity index (χ4n) is 3.12. The number of hydrogen-bond acceptors (Lipinski definition) is 6. The van der Waals surface area contributed by atoms with Crippen molar-refractivity contribution in [2.75, 3.05) is 6.61 Å². The maximum Gasteiger partial charge on any atom is 0.210 e.